The molecule has 1 aliphatic rings. The number of halogens is 4. The van der Waals surface area contributed by atoms with Gasteiger partial charge in [0.2, 0.25) is 17.7 Å². The summed E-state index contributed by atoms with van der Waals surface area (Å²) in [5.41, 5.74) is 16.9. The third-order valence-electron chi connectivity index (χ3n) is 6.66. The molecule has 2 aromatic rings. The monoisotopic (exact) mass is 568 g/mol. The number of fused-ring (bicyclic) bond motifs is 1. The summed E-state index contributed by atoms with van der Waals surface area (Å²) in [6.45, 7) is 1.18. The molecule has 0 bridgehead atoms. The number of aryl methyl sites for hydroxylation is 1. The van der Waals surface area contributed by atoms with Crippen LogP contribution in [0.4, 0.5) is 17.6 Å². The highest BCUT2D eigenvalue weighted by atomic mass is 19.2. The molecule has 218 valence electrons. The van der Waals surface area contributed by atoms with Crippen LogP contribution in [0.25, 0.3) is 0 Å². The van der Waals surface area contributed by atoms with Gasteiger partial charge < -0.3 is 37.4 Å². The molecule has 3 atom stereocenters. The standard InChI is InChI=1S/C26H32F4N6O4/c1-13-2-4-14(5-3-13)24(38)23(34-25(39)17(33)10-18(37)35(8-6-31)9-7-32)26(40)36-11-15-16(12-36)20(28)22(30)21(29)19(15)27/h2-5,17,23-24,38H,6-12,31-33H2,1H3,(H,34,39)/t17-,23-,24+/m0/s1. The molecule has 0 radical (unpaired) electrons. The van der Waals surface area contributed by atoms with Gasteiger partial charge >= 0.3 is 0 Å². The zero-order valence-electron chi connectivity index (χ0n) is 21.8. The molecule has 1 heterocycles. The molecule has 3 rings (SSSR count). The average Bonchev–Trinajstić information content (AvgIpc) is 3.39. The Hall–Kier alpha value is -3.59. The fourth-order valence-electron chi connectivity index (χ4n) is 4.42. The highest BCUT2D eigenvalue weighted by Crippen LogP contribution is 2.32. The van der Waals surface area contributed by atoms with Crippen LogP contribution in [0.15, 0.2) is 24.3 Å². The van der Waals surface area contributed by atoms with Crippen LogP contribution in [0.2, 0.25) is 0 Å². The third-order valence-corrected chi connectivity index (χ3v) is 6.66. The second-order valence-corrected chi connectivity index (χ2v) is 9.52. The molecule has 0 fully saturated rings. The molecule has 0 unspecified atom stereocenters. The van der Waals surface area contributed by atoms with Gasteiger partial charge in [0.05, 0.1) is 12.5 Å². The minimum absolute atomic E-state index is 0.152. The lowest BCUT2D eigenvalue weighted by molar-refractivity contribution is -0.141. The van der Waals surface area contributed by atoms with E-state index in [1.165, 1.54) is 17.0 Å². The van der Waals surface area contributed by atoms with Crippen LogP contribution in [-0.4, -0.2) is 70.9 Å². The first-order chi connectivity index (χ1) is 18.9. The van der Waals surface area contributed by atoms with E-state index in [1.54, 1.807) is 19.1 Å². The van der Waals surface area contributed by atoms with E-state index in [9.17, 15) is 37.1 Å². The first-order valence-electron chi connectivity index (χ1n) is 12.5. The van der Waals surface area contributed by atoms with Gasteiger partial charge in [0, 0.05) is 50.4 Å². The number of aliphatic hydroxyl groups is 1. The Morgan fingerprint density at radius 1 is 0.950 bits per heavy atom. The van der Waals surface area contributed by atoms with E-state index in [1.807, 2.05) is 0 Å². The van der Waals surface area contributed by atoms with Gasteiger partial charge in [-0.2, -0.15) is 0 Å². The van der Waals surface area contributed by atoms with Gasteiger partial charge in [-0.15, -0.1) is 0 Å². The molecule has 2 aromatic carbocycles. The molecule has 0 aliphatic carbocycles. The molecule has 3 amide bonds. The number of hydrogen-bond acceptors (Lipinski definition) is 7. The highest BCUT2D eigenvalue weighted by Gasteiger charge is 2.39. The van der Waals surface area contributed by atoms with Crippen LogP contribution in [0.3, 0.4) is 0 Å². The Morgan fingerprint density at radius 2 is 1.45 bits per heavy atom. The van der Waals surface area contributed by atoms with Crippen molar-refractivity contribution in [3.8, 4) is 0 Å². The lowest BCUT2D eigenvalue weighted by atomic mass is 9.99. The lowest BCUT2D eigenvalue weighted by Crippen LogP contribution is -2.55. The van der Waals surface area contributed by atoms with E-state index in [-0.39, 0.29) is 31.7 Å². The normalized spacial score (nSPS) is 14.9. The Morgan fingerprint density at radius 3 is 1.93 bits per heavy atom. The number of carbonyl (C=O) groups excluding carboxylic acids is 3. The smallest absolute Gasteiger partial charge is 0.248 e. The third kappa shape index (κ3) is 6.58. The summed E-state index contributed by atoms with van der Waals surface area (Å²) >= 11 is 0. The highest BCUT2D eigenvalue weighted by molar-refractivity contribution is 5.93. The van der Waals surface area contributed by atoms with Crippen molar-refractivity contribution in [2.24, 2.45) is 17.2 Å². The van der Waals surface area contributed by atoms with Crippen LogP contribution in [0, 0.1) is 30.2 Å². The molecule has 40 heavy (non-hydrogen) atoms. The zero-order chi connectivity index (χ0) is 29.7. The predicted molar refractivity (Wildman–Crippen MR) is 136 cm³/mol. The van der Waals surface area contributed by atoms with Crippen LogP contribution in [0.5, 0.6) is 0 Å². The van der Waals surface area contributed by atoms with Crippen molar-refractivity contribution in [3.05, 3.63) is 69.8 Å². The molecule has 0 aromatic heterocycles. The van der Waals surface area contributed by atoms with Crippen LogP contribution < -0.4 is 22.5 Å². The van der Waals surface area contributed by atoms with Crippen molar-refractivity contribution in [2.45, 2.75) is 44.6 Å². The number of hydrogen-bond donors (Lipinski definition) is 5. The van der Waals surface area contributed by atoms with E-state index < -0.39 is 89.8 Å². The van der Waals surface area contributed by atoms with Crippen molar-refractivity contribution in [1.82, 2.24) is 15.1 Å². The van der Waals surface area contributed by atoms with Crippen LogP contribution in [-0.2, 0) is 27.5 Å². The molecule has 1 aliphatic heterocycles. The largest absolute Gasteiger partial charge is 0.386 e. The molecule has 8 N–H and O–H groups in total. The van der Waals surface area contributed by atoms with Gasteiger partial charge in [0.15, 0.2) is 23.3 Å². The average molecular weight is 569 g/mol. The Kier molecular flexibility index (Phi) is 10.2. The summed E-state index contributed by atoms with van der Waals surface area (Å²) in [7, 11) is 0. The Bertz CT molecular complexity index is 1220. The van der Waals surface area contributed by atoms with Gasteiger partial charge in [-0.25, -0.2) is 17.6 Å². The minimum atomic E-state index is -2.01. The first-order valence-corrected chi connectivity index (χ1v) is 12.5. The number of amides is 3. The van der Waals surface area contributed by atoms with E-state index in [4.69, 9.17) is 17.2 Å². The van der Waals surface area contributed by atoms with Crippen molar-refractivity contribution in [2.75, 3.05) is 26.2 Å². The number of nitrogens with one attached hydrogen (secondary N) is 1. The SMILES string of the molecule is Cc1ccc([C@@H](O)[C@H](NC(=O)[C@@H](N)CC(=O)N(CCN)CCN)C(=O)N2Cc3c(F)c(F)c(F)c(F)c3C2)cc1. The number of nitrogens with zero attached hydrogens (tertiary/aromatic N) is 2. The summed E-state index contributed by atoms with van der Waals surface area (Å²) in [5, 5.41) is 13.4. The van der Waals surface area contributed by atoms with Crippen molar-refractivity contribution in [3.63, 3.8) is 0 Å². The zero-order valence-corrected chi connectivity index (χ0v) is 21.8. The Balaban J connectivity index is 1.85. The Labute approximate surface area is 228 Å². The summed E-state index contributed by atoms with van der Waals surface area (Å²) in [4.78, 5) is 41.3. The van der Waals surface area contributed by atoms with E-state index >= 15 is 0 Å². The fourth-order valence-corrected chi connectivity index (χ4v) is 4.42. The summed E-state index contributed by atoms with van der Waals surface area (Å²) in [6.07, 6.45) is -2.12. The van der Waals surface area contributed by atoms with Gasteiger partial charge in [-0.05, 0) is 12.5 Å². The molecule has 0 saturated carbocycles. The van der Waals surface area contributed by atoms with Gasteiger partial charge in [0.1, 0.15) is 12.1 Å². The molecule has 0 saturated heterocycles. The van der Waals surface area contributed by atoms with Gasteiger partial charge in [-0.1, -0.05) is 29.8 Å². The predicted octanol–water partition coefficient (Wildman–Crippen LogP) is 0.0754. The quantitative estimate of drug-likeness (QED) is 0.145. The fraction of sp³-hybridized carbons (Fsp3) is 0.423. The van der Waals surface area contributed by atoms with E-state index in [0.29, 0.717) is 0 Å². The lowest BCUT2D eigenvalue weighted by Gasteiger charge is -2.29. The molecule has 10 nitrogen and oxygen atoms in total. The van der Waals surface area contributed by atoms with Crippen LogP contribution in [0.1, 0.15) is 34.8 Å². The van der Waals surface area contributed by atoms with Crippen molar-refractivity contribution < 1.29 is 37.1 Å². The first kappa shape index (κ1) is 30.9. The number of benzene rings is 2. The van der Waals surface area contributed by atoms with Gasteiger partial charge in [0.25, 0.3) is 0 Å². The minimum Gasteiger partial charge on any atom is -0.386 e. The molecule has 0 spiro atoms. The second-order valence-electron chi connectivity index (χ2n) is 9.52. The van der Waals surface area contributed by atoms with Crippen molar-refractivity contribution in [1.29, 1.82) is 0 Å². The second kappa shape index (κ2) is 13.2. The number of nitrogens with two attached hydrogens (primary N) is 3. The molecular weight excluding hydrogens is 536 g/mol. The maximum absolute atomic E-state index is 14.3. The summed E-state index contributed by atoms with van der Waals surface area (Å²) in [6, 6.07) is 3.15. The topological polar surface area (TPSA) is 168 Å². The maximum Gasteiger partial charge on any atom is 0.248 e. The van der Waals surface area contributed by atoms with Crippen molar-refractivity contribution >= 4 is 17.7 Å². The summed E-state index contributed by atoms with van der Waals surface area (Å²) in [5.74, 6) is -9.76. The number of aliphatic hydroxyl groups excluding tert-OH is 1. The maximum atomic E-state index is 14.3. The van der Waals surface area contributed by atoms with Gasteiger partial charge in [-0.3, -0.25) is 14.4 Å². The summed E-state index contributed by atoms with van der Waals surface area (Å²) < 4.78 is 56.3. The molecule has 14 heteroatoms. The van der Waals surface area contributed by atoms with E-state index in [2.05, 4.69) is 5.32 Å². The van der Waals surface area contributed by atoms with Crippen LogP contribution >= 0.6 is 0 Å². The number of rotatable bonds is 11. The number of carbonyl (C=O) groups is 3. The van der Waals surface area contributed by atoms with E-state index in [0.717, 1.165) is 10.5 Å². The molecular formula is C26H32F4N6O4.